The van der Waals surface area contributed by atoms with Crippen molar-refractivity contribution in [3.8, 4) is 0 Å². The molecule has 1 fully saturated rings. The van der Waals surface area contributed by atoms with Gasteiger partial charge in [0.1, 0.15) is 12.2 Å². The van der Waals surface area contributed by atoms with Gasteiger partial charge in [0.05, 0.1) is 12.0 Å². The van der Waals surface area contributed by atoms with Crippen LogP contribution >= 0.6 is 0 Å². The second-order valence-corrected chi connectivity index (χ2v) is 5.99. The minimum atomic E-state index is -0.727. The van der Waals surface area contributed by atoms with Gasteiger partial charge < -0.3 is 14.6 Å². The van der Waals surface area contributed by atoms with E-state index in [0.717, 1.165) is 11.1 Å². The molecule has 4 atom stereocenters. The monoisotopic (exact) mass is 306 g/mol. The minimum Gasteiger partial charge on any atom is -0.458 e. The van der Waals surface area contributed by atoms with Gasteiger partial charge in [-0.3, -0.25) is 4.79 Å². The summed E-state index contributed by atoms with van der Waals surface area (Å²) in [4.78, 5) is 23.0. The number of aliphatic hydroxyl groups is 1. The summed E-state index contributed by atoms with van der Waals surface area (Å²) in [6, 6.07) is 0. The predicted octanol–water partition coefficient (Wildman–Crippen LogP) is 2.06. The van der Waals surface area contributed by atoms with Crippen molar-refractivity contribution in [2.24, 2.45) is 5.92 Å². The van der Waals surface area contributed by atoms with Crippen LogP contribution in [0.1, 0.15) is 33.6 Å². The SMILES string of the molecule is C=C1C(=O)OC2/C=C(/C)C(OC(C)=O)C/C=C(/C)CC(O)C12. The molecule has 1 saturated heterocycles. The van der Waals surface area contributed by atoms with Crippen molar-refractivity contribution >= 4 is 11.9 Å². The molecule has 1 heterocycles. The Morgan fingerprint density at radius 1 is 1.45 bits per heavy atom. The zero-order valence-electron chi connectivity index (χ0n) is 13.2. The fourth-order valence-electron chi connectivity index (χ4n) is 2.94. The largest absolute Gasteiger partial charge is 0.458 e. The molecule has 0 aromatic rings. The van der Waals surface area contributed by atoms with Gasteiger partial charge in [-0.1, -0.05) is 18.2 Å². The molecule has 0 spiro atoms. The summed E-state index contributed by atoms with van der Waals surface area (Å²) in [6.45, 7) is 8.85. The number of fused-ring (bicyclic) bond motifs is 1. The Bertz CT molecular complexity index is 557. The summed E-state index contributed by atoms with van der Waals surface area (Å²) < 4.78 is 10.6. The van der Waals surface area contributed by atoms with Crippen LogP contribution in [-0.4, -0.2) is 35.4 Å². The lowest BCUT2D eigenvalue weighted by Crippen LogP contribution is -2.30. The van der Waals surface area contributed by atoms with E-state index in [1.165, 1.54) is 6.92 Å². The number of carbonyl (C=O) groups excluding carboxylic acids is 2. The van der Waals surface area contributed by atoms with Gasteiger partial charge in [0.2, 0.25) is 0 Å². The van der Waals surface area contributed by atoms with Gasteiger partial charge in [0.25, 0.3) is 0 Å². The Hall–Kier alpha value is -1.88. The smallest absolute Gasteiger partial charge is 0.334 e. The molecular weight excluding hydrogens is 284 g/mol. The molecule has 5 nitrogen and oxygen atoms in total. The first-order valence-corrected chi connectivity index (χ1v) is 7.38. The maximum atomic E-state index is 11.8. The molecule has 0 bridgehead atoms. The van der Waals surface area contributed by atoms with Crippen LogP contribution in [0.5, 0.6) is 0 Å². The standard InChI is InChI=1S/C17H22O5/c1-9-5-6-14(21-12(4)18)10(2)8-15-16(13(19)7-9)11(3)17(20)22-15/h5,8,13-16,19H,3,6-7H2,1-2,4H3/b9-5-,10-8-. The van der Waals surface area contributed by atoms with Gasteiger partial charge in [-0.25, -0.2) is 4.79 Å². The molecule has 120 valence electrons. The van der Waals surface area contributed by atoms with Crippen LogP contribution in [0.4, 0.5) is 0 Å². The third-order valence-corrected chi connectivity index (χ3v) is 4.13. The highest BCUT2D eigenvalue weighted by molar-refractivity contribution is 5.91. The molecule has 1 aliphatic heterocycles. The molecule has 0 amide bonds. The highest BCUT2D eigenvalue weighted by Crippen LogP contribution is 2.34. The number of aliphatic hydroxyl groups excluding tert-OH is 1. The van der Waals surface area contributed by atoms with E-state index in [4.69, 9.17) is 9.47 Å². The first-order valence-electron chi connectivity index (χ1n) is 7.38. The summed E-state index contributed by atoms with van der Waals surface area (Å²) >= 11 is 0. The summed E-state index contributed by atoms with van der Waals surface area (Å²) in [6.07, 6.45) is 2.98. The zero-order chi connectivity index (χ0) is 16.4. The molecule has 2 rings (SSSR count). The van der Waals surface area contributed by atoms with Gasteiger partial charge in [-0.05, 0) is 31.9 Å². The van der Waals surface area contributed by atoms with Crippen molar-refractivity contribution in [3.05, 3.63) is 35.5 Å². The average molecular weight is 306 g/mol. The summed E-state index contributed by atoms with van der Waals surface area (Å²) in [5.74, 6) is -1.31. The van der Waals surface area contributed by atoms with Gasteiger partial charge in [-0.2, -0.15) is 0 Å². The highest BCUT2D eigenvalue weighted by atomic mass is 16.6. The van der Waals surface area contributed by atoms with E-state index in [1.807, 2.05) is 19.9 Å². The Kier molecular flexibility index (Phi) is 4.86. The van der Waals surface area contributed by atoms with Crippen LogP contribution in [0.25, 0.3) is 0 Å². The van der Waals surface area contributed by atoms with Crippen molar-refractivity contribution in [1.82, 2.24) is 0 Å². The van der Waals surface area contributed by atoms with E-state index < -0.39 is 30.2 Å². The normalized spacial score (nSPS) is 37.3. The van der Waals surface area contributed by atoms with E-state index >= 15 is 0 Å². The second-order valence-electron chi connectivity index (χ2n) is 5.99. The first-order chi connectivity index (χ1) is 10.3. The fraction of sp³-hybridized carbons (Fsp3) is 0.529. The second kappa shape index (κ2) is 6.48. The van der Waals surface area contributed by atoms with Crippen LogP contribution in [0, 0.1) is 5.92 Å². The minimum absolute atomic E-state index is 0.291. The maximum Gasteiger partial charge on any atom is 0.334 e. The Labute approximate surface area is 130 Å². The van der Waals surface area contributed by atoms with Crippen LogP contribution < -0.4 is 0 Å². The van der Waals surface area contributed by atoms with Crippen LogP contribution in [0.3, 0.4) is 0 Å². The van der Waals surface area contributed by atoms with Crippen molar-refractivity contribution in [2.45, 2.75) is 51.9 Å². The molecule has 22 heavy (non-hydrogen) atoms. The molecule has 1 N–H and O–H groups in total. The number of ether oxygens (including phenoxy) is 2. The number of esters is 2. The molecule has 1 aliphatic carbocycles. The maximum absolute atomic E-state index is 11.8. The van der Waals surface area contributed by atoms with E-state index in [9.17, 15) is 14.7 Å². The summed E-state index contributed by atoms with van der Waals surface area (Å²) in [5, 5.41) is 10.4. The van der Waals surface area contributed by atoms with Crippen LogP contribution in [0.15, 0.2) is 35.5 Å². The lowest BCUT2D eigenvalue weighted by atomic mass is 9.85. The number of hydrogen-bond donors (Lipinski definition) is 1. The molecule has 0 saturated carbocycles. The Balaban J connectivity index is 2.37. The molecule has 2 aliphatic rings. The molecule has 4 unspecified atom stereocenters. The van der Waals surface area contributed by atoms with Crippen LogP contribution in [-0.2, 0) is 19.1 Å². The van der Waals surface area contributed by atoms with Gasteiger partial charge in [0.15, 0.2) is 0 Å². The van der Waals surface area contributed by atoms with Crippen molar-refractivity contribution in [2.75, 3.05) is 0 Å². The lowest BCUT2D eigenvalue weighted by molar-refractivity contribution is -0.144. The number of hydrogen-bond acceptors (Lipinski definition) is 5. The number of rotatable bonds is 1. The molecule has 0 aromatic carbocycles. The highest BCUT2D eigenvalue weighted by Gasteiger charge is 2.42. The fourth-order valence-corrected chi connectivity index (χ4v) is 2.94. The van der Waals surface area contributed by atoms with Gasteiger partial charge in [0, 0.05) is 18.9 Å². The molecular formula is C17H22O5. The number of carbonyl (C=O) groups is 2. The van der Waals surface area contributed by atoms with E-state index in [1.54, 1.807) is 6.08 Å². The van der Waals surface area contributed by atoms with Crippen LogP contribution in [0.2, 0.25) is 0 Å². The Morgan fingerprint density at radius 2 is 2.14 bits per heavy atom. The average Bonchev–Trinajstić information content (AvgIpc) is 2.68. The van der Waals surface area contributed by atoms with E-state index in [-0.39, 0.29) is 5.97 Å². The topological polar surface area (TPSA) is 72.8 Å². The quantitative estimate of drug-likeness (QED) is 0.456. The van der Waals surface area contributed by atoms with E-state index in [0.29, 0.717) is 18.4 Å². The molecule has 5 heteroatoms. The first kappa shape index (κ1) is 16.5. The van der Waals surface area contributed by atoms with Gasteiger partial charge in [-0.15, -0.1) is 0 Å². The van der Waals surface area contributed by atoms with Crippen molar-refractivity contribution in [1.29, 1.82) is 0 Å². The predicted molar refractivity (Wildman–Crippen MR) is 80.8 cm³/mol. The molecule has 0 radical (unpaired) electrons. The third kappa shape index (κ3) is 3.47. The lowest BCUT2D eigenvalue weighted by Gasteiger charge is -2.25. The Morgan fingerprint density at radius 3 is 2.77 bits per heavy atom. The summed E-state index contributed by atoms with van der Waals surface area (Å²) in [5.41, 5.74) is 2.06. The van der Waals surface area contributed by atoms with Crippen molar-refractivity contribution in [3.63, 3.8) is 0 Å². The molecule has 0 aromatic heterocycles. The third-order valence-electron chi connectivity index (χ3n) is 4.13. The van der Waals surface area contributed by atoms with E-state index in [2.05, 4.69) is 6.58 Å². The zero-order valence-corrected chi connectivity index (χ0v) is 13.2. The van der Waals surface area contributed by atoms with Gasteiger partial charge >= 0.3 is 11.9 Å². The van der Waals surface area contributed by atoms with Crippen molar-refractivity contribution < 1.29 is 24.2 Å². The summed E-state index contributed by atoms with van der Waals surface area (Å²) in [7, 11) is 0.